The van der Waals surface area contributed by atoms with Gasteiger partial charge in [-0.2, -0.15) is 4.31 Å². The first-order chi connectivity index (χ1) is 9.48. The molecule has 112 valence electrons. The van der Waals surface area contributed by atoms with E-state index in [0.29, 0.717) is 23.3 Å². The van der Waals surface area contributed by atoms with Crippen LogP contribution in [0.4, 0.5) is 0 Å². The summed E-state index contributed by atoms with van der Waals surface area (Å²) in [6.07, 6.45) is 1.87. The number of piperidine rings is 1. The molecule has 0 aromatic heterocycles. The molecule has 0 saturated carbocycles. The molecule has 1 aliphatic rings. The molecule has 0 amide bonds. The Morgan fingerprint density at radius 2 is 2.20 bits per heavy atom. The third-order valence-corrected chi connectivity index (χ3v) is 6.41. The van der Waals surface area contributed by atoms with Gasteiger partial charge in [0.25, 0.3) is 0 Å². The molecule has 1 heterocycles. The van der Waals surface area contributed by atoms with Crippen LogP contribution in [-0.4, -0.2) is 46.0 Å². The van der Waals surface area contributed by atoms with E-state index in [9.17, 15) is 8.42 Å². The van der Waals surface area contributed by atoms with Gasteiger partial charge in [0, 0.05) is 29.7 Å². The van der Waals surface area contributed by atoms with Crippen LogP contribution in [0, 0.1) is 0 Å². The van der Waals surface area contributed by atoms with E-state index in [1.807, 2.05) is 7.05 Å². The van der Waals surface area contributed by atoms with Gasteiger partial charge in [0.15, 0.2) is 0 Å². The van der Waals surface area contributed by atoms with Gasteiger partial charge in [-0.15, -0.1) is 0 Å². The Hall–Kier alpha value is -0.630. The minimum atomic E-state index is -3.50. The fourth-order valence-electron chi connectivity index (χ4n) is 2.34. The quantitative estimate of drug-likeness (QED) is 0.887. The molecular weight excluding hydrogens is 344 g/mol. The predicted octanol–water partition coefficient (Wildman–Crippen LogP) is 1.83. The highest BCUT2D eigenvalue weighted by Crippen LogP contribution is 2.30. The summed E-state index contributed by atoms with van der Waals surface area (Å²) in [4.78, 5) is 0.258. The van der Waals surface area contributed by atoms with Crippen molar-refractivity contribution < 1.29 is 13.2 Å². The van der Waals surface area contributed by atoms with E-state index in [1.54, 1.807) is 18.2 Å². The maximum absolute atomic E-state index is 12.8. The first kappa shape index (κ1) is 15.8. The molecule has 20 heavy (non-hydrogen) atoms. The van der Waals surface area contributed by atoms with Crippen LogP contribution in [0.5, 0.6) is 5.75 Å². The molecule has 1 aromatic rings. The molecule has 0 bridgehead atoms. The lowest BCUT2D eigenvalue weighted by Gasteiger charge is -2.32. The van der Waals surface area contributed by atoms with E-state index in [4.69, 9.17) is 4.74 Å². The molecule has 1 saturated heterocycles. The number of hydrogen-bond donors (Lipinski definition) is 1. The molecule has 2 rings (SSSR count). The molecular formula is C13H19BrN2O3S. The lowest BCUT2D eigenvalue weighted by molar-refractivity contribution is 0.292. The number of nitrogens with zero attached hydrogens (tertiary/aromatic N) is 1. The molecule has 1 fully saturated rings. The number of benzene rings is 1. The SMILES string of the molecule is CNC1CCCN(S(=O)(=O)c2cc(OC)ccc2Br)C1. The second-order valence-electron chi connectivity index (χ2n) is 4.79. The van der Waals surface area contributed by atoms with Gasteiger partial charge in [0.2, 0.25) is 10.0 Å². The van der Waals surface area contributed by atoms with Gasteiger partial charge in [-0.05, 0) is 48.0 Å². The third kappa shape index (κ3) is 3.16. The van der Waals surface area contributed by atoms with Gasteiger partial charge in [0.05, 0.1) is 7.11 Å². The topological polar surface area (TPSA) is 58.6 Å². The summed E-state index contributed by atoms with van der Waals surface area (Å²) in [5.74, 6) is 0.536. The number of ether oxygens (including phenoxy) is 1. The maximum atomic E-state index is 12.8. The summed E-state index contributed by atoms with van der Waals surface area (Å²) < 4.78 is 32.7. The van der Waals surface area contributed by atoms with Crippen LogP contribution in [0.2, 0.25) is 0 Å². The van der Waals surface area contributed by atoms with Gasteiger partial charge in [-0.1, -0.05) is 0 Å². The van der Waals surface area contributed by atoms with Crippen molar-refractivity contribution >= 4 is 26.0 Å². The predicted molar refractivity (Wildman–Crippen MR) is 81.5 cm³/mol. The zero-order valence-corrected chi connectivity index (χ0v) is 14.0. The highest BCUT2D eigenvalue weighted by atomic mass is 79.9. The van der Waals surface area contributed by atoms with E-state index in [0.717, 1.165) is 12.8 Å². The van der Waals surface area contributed by atoms with Crippen LogP contribution in [0.15, 0.2) is 27.6 Å². The molecule has 1 N–H and O–H groups in total. The normalized spacial score (nSPS) is 20.9. The summed E-state index contributed by atoms with van der Waals surface area (Å²) in [7, 11) is -0.113. The van der Waals surface area contributed by atoms with E-state index < -0.39 is 10.0 Å². The largest absolute Gasteiger partial charge is 0.497 e. The van der Waals surface area contributed by atoms with Crippen molar-refractivity contribution in [3.05, 3.63) is 22.7 Å². The number of methoxy groups -OCH3 is 1. The van der Waals surface area contributed by atoms with Crippen LogP contribution in [0.25, 0.3) is 0 Å². The smallest absolute Gasteiger partial charge is 0.244 e. The molecule has 1 aromatic carbocycles. The van der Waals surface area contributed by atoms with Crippen LogP contribution in [0.1, 0.15) is 12.8 Å². The monoisotopic (exact) mass is 362 g/mol. The number of rotatable bonds is 4. The van der Waals surface area contributed by atoms with Crippen molar-refractivity contribution in [2.45, 2.75) is 23.8 Å². The Morgan fingerprint density at radius 1 is 1.45 bits per heavy atom. The molecule has 7 heteroatoms. The average molecular weight is 363 g/mol. The van der Waals surface area contributed by atoms with Gasteiger partial charge < -0.3 is 10.1 Å². The van der Waals surface area contributed by atoms with Crippen molar-refractivity contribution in [1.29, 1.82) is 0 Å². The fourth-order valence-corrected chi connectivity index (χ4v) is 4.81. The highest BCUT2D eigenvalue weighted by molar-refractivity contribution is 9.10. The van der Waals surface area contributed by atoms with Gasteiger partial charge >= 0.3 is 0 Å². The second kappa shape index (κ2) is 6.43. The molecule has 1 aliphatic heterocycles. The molecule has 1 unspecified atom stereocenters. The highest BCUT2D eigenvalue weighted by Gasteiger charge is 2.31. The van der Waals surface area contributed by atoms with Crippen molar-refractivity contribution in [3.8, 4) is 5.75 Å². The minimum Gasteiger partial charge on any atom is -0.497 e. The summed E-state index contributed by atoms with van der Waals surface area (Å²) in [6.45, 7) is 1.06. The summed E-state index contributed by atoms with van der Waals surface area (Å²) in [5, 5.41) is 3.15. The number of halogens is 1. The third-order valence-electron chi connectivity index (χ3n) is 3.55. The van der Waals surface area contributed by atoms with E-state index in [2.05, 4.69) is 21.2 Å². The molecule has 5 nitrogen and oxygen atoms in total. The van der Waals surface area contributed by atoms with Crippen LogP contribution < -0.4 is 10.1 Å². The van der Waals surface area contributed by atoms with Crippen molar-refractivity contribution in [1.82, 2.24) is 9.62 Å². The Balaban J connectivity index is 2.34. The zero-order chi connectivity index (χ0) is 14.8. The Kier molecular flexibility index (Phi) is 5.06. The fraction of sp³-hybridized carbons (Fsp3) is 0.538. The summed E-state index contributed by atoms with van der Waals surface area (Å²) in [6, 6.07) is 5.20. The Morgan fingerprint density at radius 3 is 2.85 bits per heavy atom. The first-order valence-electron chi connectivity index (χ1n) is 6.50. The lowest BCUT2D eigenvalue weighted by Crippen LogP contribution is -2.46. The van der Waals surface area contributed by atoms with Crippen LogP contribution >= 0.6 is 15.9 Å². The molecule has 0 radical (unpaired) electrons. The van der Waals surface area contributed by atoms with E-state index in [-0.39, 0.29) is 10.9 Å². The second-order valence-corrected chi connectivity index (χ2v) is 7.55. The maximum Gasteiger partial charge on any atom is 0.244 e. The average Bonchev–Trinajstić information content (AvgIpc) is 2.47. The van der Waals surface area contributed by atoms with Crippen LogP contribution in [0.3, 0.4) is 0 Å². The molecule has 0 spiro atoms. The molecule has 0 aliphatic carbocycles. The summed E-state index contributed by atoms with van der Waals surface area (Å²) >= 11 is 3.32. The number of hydrogen-bond acceptors (Lipinski definition) is 4. The first-order valence-corrected chi connectivity index (χ1v) is 8.73. The standard InChI is InChI=1S/C13H19BrN2O3S/c1-15-10-4-3-7-16(9-10)20(17,18)13-8-11(19-2)5-6-12(13)14/h5-6,8,10,15H,3-4,7,9H2,1-2H3. The van der Waals surface area contributed by atoms with Crippen LogP contribution in [-0.2, 0) is 10.0 Å². The van der Waals surface area contributed by atoms with Gasteiger partial charge in [-0.3, -0.25) is 0 Å². The molecule has 1 atom stereocenters. The van der Waals surface area contributed by atoms with E-state index >= 15 is 0 Å². The van der Waals surface area contributed by atoms with Gasteiger partial charge in [-0.25, -0.2) is 8.42 Å². The minimum absolute atomic E-state index is 0.211. The van der Waals surface area contributed by atoms with Crippen molar-refractivity contribution in [3.63, 3.8) is 0 Å². The van der Waals surface area contributed by atoms with E-state index in [1.165, 1.54) is 11.4 Å². The van der Waals surface area contributed by atoms with Gasteiger partial charge in [0.1, 0.15) is 10.6 Å². The summed E-state index contributed by atoms with van der Waals surface area (Å²) in [5.41, 5.74) is 0. The number of likely N-dealkylation sites (N-methyl/N-ethyl adjacent to an activating group) is 1. The zero-order valence-electron chi connectivity index (χ0n) is 11.6. The Labute approximate surface area is 128 Å². The number of nitrogens with one attached hydrogen (secondary N) is 1. The van der Waals surface area contributed by atoms with Crippen molar-refractivity contribution in [2.24, 2.45) is 0 Å². The van der Waals surface area contributed by atoms with Crippen molar-refractivity contribution in [2.75, 3.05) is 27.2 Å². The lowest BCUT2D eigenvalue weighted by atomic mass is 10.1. The Bertz CT molecular complexity index is 577. The number of sulfonamides is 1.